The van der Waals surface area contributed by atoms with Crippen LogP contribution in [0, 0.1) is 17.3 Å². The van der Waals surface area contributed by atoms with Gasteiger partial charge in [-0.1, -0.05) is 65.0 Å². The minimum atomic E-state index is -1.19. The number of nitrogens with zero attached hydrogens (tertiary/aromatic N) is 2. The molecule has 1 spiro atoms. The predicted molar refractivity (Wildman–Crippen MR) is 172 cm³/mol. The number of para-hydroxylation sites is 1. The van der Waals surface area contributed by atoms with Crippen molar-refractivity contribution in [1.82, 2.24) is 15.3 Å². The molecule has 4 aromatic rings. The zero-order valence-electron chi connectivity index (χ0n) is 27.6. The van der Waals surface area contributed by atoms with Crippen molar-refractivity contribution >= 4 is 23.3 Å². The van der Waals surface area contributed by atoms with E-state index in [4.69, 9.17) is 23.3 Å². The Hall–Kier alpha value is -4.97. The van der Waals surface area contributed by atoms with Crippen LogP contribution < -0.4 is 15.4 Å². The fourth-order valence-electron chi connectivity index (χ4n) is 6.99. The SMILES string of the molecule is COC(=O)c1coc(-c2nc3oc2[C@]24c5ccccc5NC2Oc2ccc(cc24)CC(CC(=O)[C@@H](O)C(C)C)C(=O)N[C@H]3C(C)(C)C)n1. The van der Waals surface area contributed by atoms with Crippen LogP contribution in [0.1, 0.15) is 85.9 Å². The lowest BCUT2D eigenvalue weighted by atomic mass is 9.72. The maximum atomic E-state index is 14.2. The number of ether oxygens (including phenoxy) is 2. The highest BCUT2D eigenvalue weighted by molar-refractivity contribution is 5.90. The van der Waals surface area contributed by atoms with Crippen LogP contribution in [0.25, 0.3) is 11.6 Å². The van der Waals surface area contributed by atoms with Gasteiger partial charge >= 0.3 is 5.97 Å². The molecule has 3 N–H and O–H groups in total. The Balaban J connectivity index is 1.49. The number of ketones is 1. The van der Waals surface area contributed by atoms with Gasteiger partial charge < -0.3 is 34.0 Å². The minimum absolute atomic E-state index is 0.0301. The van der Waals surface area contributed by atoms with Gasteiger partial charge in [-0.3, -0.25) is 9.59 Å². The van der Waals surface area contributed by atoms with Gasteiger partial charge in [-0.2, -0.15) is 0 Å². The number of amides is 1. The van der Waals surface area contributed by atoms with Crippen molar-refractivity contribution in [1.29, 1.82) is 0 Å². The summed E-state index contributed by atoms with van der Waals surface area (Å²) < 4.78 is 24.1. The maximum Gasteiger partial charge on any atom is 0.360 e. The van der Waals surface area contributed by atoms with E-state index < -0.39 is 46.9 Å². The van der Waals surface area contributed by atoms with Crippen LogP contribution in [0.4, 0.5) is 5.69 Å². The molecule has 0 aliphatic carbocycles. The molecule has 12 nitrogen and oxygen atoms in total. The summed E-state index contributed by atoms with van der Waals surface area (Å²) in [6, 6.07) is 12.8. The summed E-state index contributed by atoms with van der Waals surface area (Å²) in [6.07, 6.45) is -0.550. The normalized spacial score (nSPS) is 23.2. The Morgan fingerprint density at radius 1 is 1.10 bits per heavy atom. The molecule has 48 heavy (non-hydrogen) atoms. The van der Waals surface area contributed by atoms with Crippen molar-refractivity contribution in [2.24, 2.45) is 17.3 Å². The lowest BCUT2D eigenvalue weighted by molar-refractivity contribution is -0.135. The number of rotatable bonds is 6. The van der Waals surface area contributed by atoms with E-state index in [1.165, 1.54) is 13.4 Å². The number of hydrogen-bond donors (Lipinski definition) is 3. The summed E-state index contributed by atoms with van der Waals surface area (Å²) in [7, 11) is 1.26. The molecule has 2 aromatic carbocycles. The number of Topliss-reactive ketones (excluding diaryl/α,β-unsaturated/α-hetero) is 1. The second kappa shape index (κ2) is 11.3. The van der Waals surface area contributed by atoms with Crippen molar-refractivity contribution in [3.63, 3.8) is 0 Å². The number of anilines is 1. The average molecular weight is 655 g/mol. The number of fused-ring (bicyclic) bond motifs is 4. The average Bonchev–Trinajstić information content (AvgIpc) is 3.82. The minimum Gasteiger partial charge on any atom is -0.469 e. The van der Waals surface area contributed by atoms with E-state index in [0.717, 1.165) is 22.4 Å². The largest absolute Gasteiger partial charge is 0.469 e. The van der Waals surface area contributed by atoms with Crippen LogP contribution in [0.5, 0.6) is 5.75 Å². The van der Waals surface area contributed by atoms with Crippen molar-refractivity contribution < 1.29 is 37.8 Å². The molecule has 5 heterocycles. The van der Waals surface area contributed by atoms with Gasteiger partial charge in [-0.05, 0) is 41.0 Å². The topological polar surface area (TPSA) is 166 Å². The highest BCUT2D eigenvalue weighted by Gasteiger charge is 2.61. The standard InChI is InChI=1S/C36H38N4O8/c1-17(2)27(42)24(41)15-19-13-18-11-12-25-21(14-18)36(20-9-7-8-10-22(20)38-34(36)47-25)29-26(31-37-23(16-46-31)33(44)45-6)39-32(48-29)28(35(3,4)5)40-30(19)43/h7-12,14,16-17,19,27-28,34,38,42H,13,15H2,1-6H3,(H,40,43)/t19?,27-,28+,34?,36+/m0/s1. The van der Waals surface area contributed by atoms with Crippen LogP contribution in [-0.2, 0) is 26.2 Å². The first-order chi connectivity index (χ1) is 22.8. The zero-order valence-corrected chi connectivity index (χ0v) is 27.6. The van der Waals surface area contributed by atoms with Gasteiger partial charge in [-0.15, -0.1) is 0 Å². The molecule has 7 rings (SSSR count). The number of hydrogen-bond acceptors (Lipinski definition) is 11. The smallest absolute Gasteiger partial charge is 0.360 e. The van der Waals surface area contributed by atoms with Gasteiger partial charge in [0, 0.05) is 23.6 Å². The predicted octanol–water partition coefficient (Wildman–Crippen LogP) is 4.95. The number of methoxy groups -OCH3 is 1. The highest BCUT2D eigenvalue weighted by atomic mass is 16.5. The lowest BCUT2D eigenvalue weighted by Gasteiger charge is -2.32. The number of nitrogens with one attached hydrogen (secondary N) is 2. The van der Waals surface area contributed by atoms with Crippen LogP contribution >= 0.6 is 0 Å². The fraction of sp³-hybridized carbons (Fsp3) is 0.417. The number of esters is 1. The molecule has 5 atom stereocenters. The molecular formula is C36H38N4O8. The van der Waals surface area contributed by atoms with E-state index in [9.17, 15) is 19.5 Å². The summed E-state index contributed by atoms with van der Waals surface area (Å²) in [5.74, 6) is -1.34. The monoisotopic (exact) mass is 654 g/mol. The Morgan fingerprint density at radius 3 is 2.60 bits per heavy atom. The van der Waals surface area contributed by atoms with Crippen LogP contribution in [0.2, 0.25) is 0 Å². The Morgan fingerprint density at radius 2 is 1.88 bits per heavy atom. The molecule has 1 amide bonds. The highest BCUT2D eigenvalue weighted by Crippen LogP contribution is 2.59. The van der Waals surface area contributed by atoms with Crippen molar-refractivity contribution in [2.75, 3.05) is 12.4 Å². The number of oxazole rings is 2. The van der Waals surface area contributed by atoms with Gasteiger partial charge in [0.05, 0.1) is 7.11 Å². The molecule has 0 saturated heterocycles. The second-order valence-corrected chi connectivity index (χ2v) is 14.2. The van der Waals surface area contributed by atoms with Crippen LogP contribution in [0.15, 0.2) is 57.6 Å². The van der Waals surface area contributed by atoms with Gasteiger partial charge in [0.1, 0.15) is 29.6 Å². The second-order valence-electron chi connectivity index (χ2n) is 14.2. The molecule has 12 heteroatoms. The quantitative estimate of drug-likeness (QED) is 0.241. The van der Waals surface area contributed by atoms with E-state index in [2.05, 4.69) is 15.6 Å². The fourth-order valence-corrected chi connectivity index (χ4v) is 6.99. The number of carbonyl (C=O) groups excluding carboxylic acids is 3. The summed E-state index contributed by atoms with van der Waals surface area (Å²) >= 11 is 0. The first kappa shape index (κ1) is 31.6. The third-order valence-corrected chi connectivity index (χ3v) is 9.51. The van der Waals surface area contributed by atoms with E-state index in [-0.39, 0.29) is 47.8 Å². The summed E-state index contributed by atoms with van der Waals surface area (Å²) in [5.41, 5.74) is 1.76. The van der Waals surface area contributed by atoms with Crippen molar-refractivity contribution in [3.8, 4) is 17.3 Å². The third-order valence-electron chi connectivity index (χ3n) is 9.51. The first-order valence-electron chi connectivity index (χ1n) is 16.1. The molecule has 0 saturated carbocycles. The Bertz CT molecular complexity index is 1940. The van der Waals surface area contributed by atoms with Gasteiger partial charge in [0.25, 0.3) is 0 Å². The molecule has 3 aliphatic rings. The lowest BCUT2D eigenvalue weighted by Crippen LogP contribution is -2.42. The van der Waals surface area contributed by atoms with Gasteiger partial charge in [0.2, 0.25) is 17.7 Å². The Labute approximate surface area is 277 Å². The number of carbonyl (C=O) groups is 3. The summed E-state index contributed by atoms with van der Waals surface area (Å²) in [4.78, 5) is 49.1. The number of aromatic nitrogens is 2. The third kappa shape index (κ3) is 4.88. The van der Waals surface area contributed by atoms with Gasteiger partial charge in [0.15, 0.2) is 29.2 Å². The zero-order chi connectivity index (χ0) is 34.1. The molecule has 2 aromatic heterocycles. The molecule has 3 aliphatic heterocycles. The molecule has 250 valence electrons. The molecule has 2 unspecified atom stereocenters. The van der Waals surface area contributed by atoms with E-state index in [1.54, 1.807) is 13.8 Å². The van der Waals surface area contributed by atoms with Crippen molar-refractivity contribution in [3.05, 3.63) is 82.8 Å². The first-order valence-corrected chi connectivity index (χ1v) is 16.1. The van der Waals surface area contributed by atoms with Gasteiger partial charge in [-0.25, -0.2) is 14.8 Å². The molecule has 0 radical (unpaired) electrons. The maximum absolute atomic E-state index is 14.2. The van der Waals surface area contributed by atoms with E-state index in [0.29, 0.717) is 11.5 Å². The molecule has 0 fully saturated rings. The summed E-state index contributed by atoms with van der Waals surface area (Å²) in [5, 5.41) is 17.2. The Kier molecular flexibility index (Phi) is 7.46. The van der Waals surface area contributed by atoms with Crippen molar-refractivity contribution in [2.45, 2.75) is 71.2 Å². The van der Waals surface area contributed by atoms with E-state index in [1.807, 2.05) is 63.2 Å². The molecule has 4 bridgehead atoms. The van der Waals surface area contributed by atoms with Crippen LogP contribution in [-0.4, -0.2) is 52.2 Å². The summed E-state index contributed by atoms with van der Waals surface area (Å²) in [6.45, 7) is 9.38. The molecular weight excluding hydrogens is 616 g/mol. The number of aliphatic hydroxyl groups excluding tert-OH is 1. The van der Waals surface area contributed by atoms with Crippen LogP contribution in [0.3, 0.4) is 0 Å². The number of aliphatic hydroxyl groups is 1. The van der Waals surface area contributed by atoms with E-state index >= 15 is 0 Å². The number of benzene rings is 2.